The van der Waals surface area contributed by atoms with E-state index < -0.39 is 0 Å². The van der Waals surface area contributed by atoms with Gasteiger partial charge < -0.3 is 11.1 Å². The lowest BCUT2D eigenvalue weighted by molar-refractivity contribution is -0.124. The molecule has 3 N–H and O–H groups in total. The van der Waals surface area contributed by atoms with Gasteiger partial charge in [-0.15, -0.1) is 12.4 Å². The quantitative estimate of drug-likeness (QED) is 0.722. The molecule has 0 atom stereocenters. The van der Waals surface area contributed by atoms with Crippen molar-refractivity contribution in [2.45, 2.75) is 56.9 Å². The molecule has 0 heterocycles. The van der Waals surface area contributed by atoms with Crippen LogP contribution in [-0.2, 0) is 10.3 Å². The van der Waals surface area contributed by atoms with Crippen LogP contribution in [0.15, 0.2) is 30.3 Å². The molecule has 0 unspecified atom stereocenters. The molecular weight excluding hydrogens is 284 g/mol. The fourth-order valence-electron chi connectivity index (χ4n) is 2.89. The van der Waals surface area contributed by atoms with Gasteiger partial charge in [0.2, 0.25) is 5.91 Å². The predicted molar refractivity (Wildman–Crippen MR) is 89.5 cm³/mol. The lowest BCUT2D eigenvalue weighted by atomic mass is 9.71. The van der Waals surface area contributed by atoms with Crippen molar-refractivity contribution in [3.05, 3.63) is 35.9 Å². The van der Waals surface area contributed by atoms with Crippen LogP contribution in [0.25, 0.3) is 0 Å². The van der Waals surface area contributed by atoms with E-state index in [1.165, 1.54) is 12.0 Å². The smallest absolute Gasteiger partial charge is 0.220 e. The number of carbonyl (C=O) groups excluding carboxylic acids is 1. The second kappa shape index (κ2) is 9.06. The molecule has 0 aromatic heterocycles. The van der Waals surface area contributed by atoms with Gasteiger partial charge in [-0.2, -0.15) is 0 Å². The van der Waals surface area contributed by atoms with Crippen LogP contribution >= 0.6 is 12.4 Å². The topological polar surface area (TPSA) is 55.1 Å². The van der Waals surface area contributed by atoms with Crippen molar-refractivity contribution >= 4 is 18.3 Å². The van der Waals surface area contributed by atoms with Gasteiger partial charge in [-0.3, -0.25) is 4.79 Å². The largest absolute Gasteiger partial charge is 0.347 e. The Morgan fingerprint density at radius 1 is 1.10 bits per heavy atom. The minimum absolute atomic E-state index is 0. The number of halogens is 1. The van der Waals surface area contributed by atoms with E-state index in [9.17, 15) is 4.79 Å². The zero-order valence-corrected chi connectivity index (χ0v) is 13.5. The number of rotatable bonds is 8. The number of benzene rings is 1. The van der Waals surface area contributed by atoms with E-state index in [1.54, 1.807) is 0 Å². The molecule has 1 aliphatic carbocycles. The maximum absolute atomic E-state index is 12.1. The minimum atomic E-state index is -0.0877. The van der Waals surface area contributed by atoms with Crippen LogP contribution in [0.2, 0.25) is 0 Å². The molecule has 1 amide bonds. The van der Waals surface area contributed by atoms with E-state index in [0.717, 1.165) is 45.1 Å². The van der Waals surface area contributed by atoms with E-state index in [2.05, 4.69) is 17.4 Å². The van der Waals surface area contributed by atoms with Gasteiger partial charge in [-0.25, -0.2) is 0 Å². The normalized spacial score (nSPS) is 15.7. The maximum atomic E-state index is 12.1. The van der Waals surface area contributed by atoms with E-state index in [-0.39, 0.29) is 23.9 Å². The fraction of sp³-hybridized carbons (Fsp3) is 0.588. The third kappa shape index (κ3) is 5.01. The Hall–Kier alpha value is -1.06. The molecule has 2 rings (SSSR count). The van der Waals surface area contributed by atoms with E-state index in [1.807, 2.05) is 18.2 Å². The van der Waals surface area contributed by atoms with E-state index in [4.69, 9.17) is 5.73 Å². The molecule has 1 aromatic rings. The summed E-state index contributed by atoms with van der Waals surface area (Å²) in [6.07, 6.45) is 8.24. The molecule has 0 radical (unpaired) electrons. The summed E-state index contributed by atoms with van der Waals surface area (Å²) in [5, 5.41) is 3.27. The molecule has 1 saturated carbocycles. The summed E-state index contributed by atoms with van der Waals surface area (Å²) in [6.45, 7) is 0.753. The van der Waals surface area contributed by atoms with Gasteiger partial charge in [0.15, 0.2) is 0 Å². The van der Waals surface area contributed by atoms with Crippen molar-refractivity contribution in [1.82, 2.24) is 5.32 Å². The van der Waals surface area contributed by atoms with Gasteiger partial charge in [0.1, 0.15) is 0 Å². The average molecular weight is 311 g/mol. The highest BCUT2D eigenvalue weighted by Gasteiger charge is 2.39. The SMILES string of the molecule is Cl.NCCCCCCC(=O)NC1(c2ccccc2)CCC1. The average Bonchev–Trinajstić information content (AvgIpc) is 2.43. The molecule has 118 valence electrons. The van der Waals surface area contributed by atoms with Crippen LogP contribution in [0.3, 0.4) is 0 Å². The van der Waals surface area contributed by atoms with Crippen molar-refractivity contribution in [3.8, 4) is 0 Å². The van der Waals surface area contributed by atoms with Crippen LogP contribution < -0.4 is 11.1 Å². The van der Waals surface area contributed by atoms with Gasteiger partial charge in [0.25, 0.3) is 0 Å². The highest BCUT2D eigenvalue weighted by atomic mass is 35.5. The lowest BCUT2D eigenvalue weighted by Crippen LogP contribution is -2.50. The zero-order chi connectivity index (χ0) is 14.3. The third-order valence-electron chi connectivity index (χ3n) is 4.27. The van der Waals surface area contributed by atoms with Crippen molar-refractivity contribution in [2.24, 2.45) is 5.73 Å². The molecule has 1 aromatic carbocycles. The second-order valence-electron chi connectivity index (χ2n) is 5.80. The summed E-state index contributed by atoms with van der Waals surface area (Å²) in [5.41, 5.74) is 6.63. The van der Waals surface area contributed by atoms with Crippen LogP contribution in [0, 0.1) is 0 Å². The predicted octanol–water partition coefficient (Wildman–Crippen LogP) is 3.51. The number of carbonyl (C=O) groups is 1. The van der Waals surface area contributed by atoms with Crippen molar-refractivity contribution < 1.29 is 4.79 Å². The van der Waals surface area contributed by atoms with Gasteiger partial charge in [-0.05, 0) is 44.2 Å². The summed E-state index contributed by atoms with van der Waals surface area (Å²) in [6, 6.07) is 10.4. The Labute approximate surface area is 134 Å². The standard InChI is InChI=1S/C17H26N2O.ClH/c18-14-7-2-1-6-11-16(20)19-17(12-8-13-17)15-9-4-3-5-10-15;/h3-5,9-10H,1-2,6-8,11-14,18H2,(H,19,20);1H. The van der Waals surface area contributed by atoms with Crippen molar-refractivity contribution in [2.75, 3.05) is 6.54 Å². The fourth-order valence-corrected chi connectivity index (χ4v) is 2.89. The van der Waals surface area contributed by atoms with Gasteiger partial charge >= 0.3 is 0 Å². The lowest BCUT2D eigenvalue weighted by Gasteiger charge is -2.43. The summed E-state index contributed by atoms with van der Waals surface area (Å²) < 4.78 is 0. The molecule has 0 saturated heterocycles. The number of amides is 1. The summed E-state index contributed by atoms with van der Waals surface area (Å²) >= 11 is 0. The second-order valence-corrected chi connectivity index (χ2v) is 5.80. The van der Waals surface area contributed by atoms with E-state index >= 15 is 0 Å². The van der Waals surface area contributed by atoms with Crippen LogP contribution in [0.4, 0.5) is 0 Å². The first kappa shape index (κ1) is 18.0. The molecule has 3 nitrogen and oxygen atoms in total. The Balaban J connectivity index is 0.00000220. The Bertz CT molecular complexity index is 418. The van der Waals surface area contributed by atoms with Gasteiger partial charge in [-0.1, -0.05) is 43.2 Å². The Morgan fingerprint density at radius 2 is 1.76 bits per heavy atom. The molecule has 1 fully saturated rings. The van der Waals surface area contributed by atoms with Gasteiger partial charge in [0, 0.05) is 6.42 Å². The van der Waals surface area contributed by atoms with Crippen molar-refractivity contribution in [3.63, 3.8) is 0 Å². The molecule has 1 aliphatic rings. The molecule has 0 spiro atoms. The third-order valence-corrected chi connectivity index (χ3v) is 4.27. The highest BCUT2D eigenvalue weighted by molar-refractivity contribution is 5.85. The van der Waals surface area contributed by atoms with E-state index in [0.29, 0.717) is 6.42 Å². The number of hydrogen-bond donors (Lipinski definition) is 2. The molecular formula is C17H27ClN2O. The van der Waals surface area contributed by atoms with Crippen LogP contribution in [-0.4, -0.2) is 12.5 Å². The number of nitrogens with one attached hydrogen (secondary N) is 1. The Morgan fingerprint density at radius 3 is 2.33 bits per heavy atom. The first-order valence-corrected chi connectivity index (χ1v) is 7.83. The monoisotopic (exact) mass is 310 g/mol. The minimum Gasteiger partial charge on any atom is -0.347 e. The summed E-state index contributed by atoms with van der Waals surface area (Å²) in [7, 11) is 0. The summed E-state index contributed by atoms with van der Waals surface area (Å²) in [4.78, 5) is 12.1. The zero-order valence-electron chi connectivity index (χ0n) is 12.6. The number of hydrogen-bond acceptors (Lipinski definition) is 2. The Kier molecular flexibility index (Phi) is 7.76. The number of nitrogens with two attached hydrogens (primary N) is 1. The first-order chi connectivity index (χ1) is 9.77. The summed E-state index contributed by atoms with van der Waals surface area (Å²) in [5.74, 6) is 0.196. The first-order valence-electron chi connectivity index (χ1n) is 7.83. The number of unbranched alkanes of at least 4 members (excludes halogenated alkanes) is 3. The van der Waals surface area contributed by atoms with Gasteiger partial charge in [0.05, 0.1) is 5.54 Å². The molecule has 21 heavy (non-hydrogen) atoms. The van der Waals surface area contributed by atoms with Crippen LogP contribution in [0.5, 0.6) is 0 Å². The molecule has 4 heteroatoms. The van der Waals surface area contributed by atoms with Crippen molar-refractivity contribution in [1.29, 1.82) is 0 Å². The highest BCUT2D eigenvalue weighted by Crippen LogP contribution is 2.41. The molecule has 0 aliphatic heterocycles. The van der Waals surface area contributed by atoms with Crippen LogP contribution in [0.1, 0.15) is 56.9 Å². The molecule has 0 bridgehead atoms. The maximum Gasteiger partial charge on any atom is 0.220 e.